The van der Waals surface area contributed by atoms with E-state index in [1.54, 1.807) is 12.4 Å². The minimum atomic E-state index is 0.681. The Hall–Kier alpha value is -1.56. The van der Waals surface area contributed by atoms with Gasteiger partial charge in [-0.1, -0.05) is 0 Å². The topological polar surface area (TPSA) is 60.0 Å². The molecule has 0 unspecified atom stereocenters. The van der Waals surface area contributed by atoms with Crippen molar-refractivity contribution in [1.82, 2.24) is 14.8 Å². The zero-order valence-corrected chi connectivity index (χ0v) is 13.0. The minimum absolute atomic E-state index is 0.681. The lowest BCUT2D eigenvalue weighted by Gasteiger charge is -2.21. The quantitative estimate of drug-likeness (QED) is 0.939. The second kappa shape index (κ2) is 5.61. The Morgan fingerprint density at radius 2 is 2.21 bits per heavy atom. The lowest BCUT2D eigenvalue weighted by Crippen LogP contribution is -2.20. The first-order chi connectivity index (χ1) is 9.04. The number of hydrogen-bond acceptors (Lipinski definition) is 4. The third-order valence-corrected chi connectivity index (χ3v) is 4.11. The number of rotatable bonds is 4. The summed E-state index contributed by atoms with van der Waals surface area (Å²) in [5.41, 5.74) is 9.77. The van der Waals surface area contributed by atoms with Gasteiger partial charge in [0, 0.05) is 19.8 Å². The Kier molecular flexibility index (Phi) is 4.09. The van der Waals surface area contributed by atoms with Crippen molar-refractivity contribution in [2.75, 3.05) is 17.7 Å². The predicted molar refractivity (Wildman–Crippen MR) is 81.1 cm³/mol. The van der Waals surface area contributed by atoms with Crippen molar-refractivity contribution in [2.45, 2.75) is 26.9 Å². The molecule has 102 valence electrons. The number of anilines is 2. The molecule has 2 aromatic heterocycles. The van der Waals surface area contributed by atoms with Gasteiger partial charge in [-0.2, -0.15) is 5.10 Å². The van der Waals surface area contributed by atoms with Gasteiger partial charge in [0.1, 0.15) is 0 Å². The van der Waals surface area contributed by atoms with Crippen LogP contribution in [0, 0.1) is 6.92 Å². The molecule has 0 fully saturated rings. The second-order valence-corrected chi connectivity index (χ2v) is 5.25. The first-order valence-electron chi connectivity index (χ1n) is 6.17. The van der Waals surface area contributed by atoms with E-state index in [4.69, 9.17) is 5.73 Å². The summed E-state index contributed by atoms with van der Waals surface area (Å²) in [7, 11) is 2.01. The van der Waals surface area contributed by atoms with Crippen LogP contribution in [0.15, 0.2) is 22.9 Å². The largest absolute Gasteiger partial charge is 0.396 e. The Balaban J connectivity index is 2.29. The number of nitrogens with two attached hydrogens (primary N) is 1. The van der Waals surface area contributed by atoms with E-state index in [1.165, 1.54) is 0 Å². The third kappa shape index (κ3) is 2.73. The van der Waals surface area contributed by atoms with Crippen molar-refractivity contribution < 1.29 is 0 Å². The highest BCUT2D eigenvalue weighted by atomic mass is 79.9. The molecule has 0 aliphatic heterocycles. The van der Waals surface area contributed by atoms with Gasteiger partial charge < -0.3 is 10.6 Å². The summed E-state index contributed by atoms with van der Waals surface area (Å²) in [6.07, 6.45) is 3.42. The van der Waals surface area contributed by atoms with Gasteiger partial charge in [0.25, 0.3) is 0 Å². The van der Waals surface area contributed by atoms with Gasteiger partial charge in [0.2, 0.25) is 0 Å². The van der Waals surface area contributed by atoms with Crippen LogP contribution in [0.4, 0.5) is 11.4 Å². The Morgan fingerprint density at radius 1 is 1.47 bits per heavy atom. The van der Waals surface area contributed by atoms with E-state index in [9.17, 15) is 0 Å². The summed E-state index contributed by atoms with van der Waals surface area (Å²) in [5, 5.41) is 4.50. The van der Waals surface area contributed by atoms with Crippen LogP contribution in [0.5, 0.6) is 0 Å². The molecule has 0 aliphatic carbocycles. The van der Waals surface area contributed by atoms with Gasteiger partial charge in [-0.05, 0) is 35.8 Å². The van der Waals surface area contributed by atoms with Crippen molar-refractivity contribution in [2.24, 2.45) is 0 Å². The minimum Gasteiger partial charge on any atom is -0.396 e. The maximum Gasteiger partial charge on any atom is 0.0739 e. The highest BCUT2D eigenvalue weighted by Gasteiger charge is 2.15. The van der Waals surface area contributed by atoms with Crippen LogP contribution in [0.3, 0.4) is 0 Å². The number of nitrogens with zero attached hydrogens (tertiary/aromatic N) is 4. The predicted octanol–water partition coefficient (Wildman–Crippen LogP) is 2.59. The lowest BCUT2D eigenvalue weighted by molar-refractivity contribution is 0.612. The molecule has 2 N–H and O–H groups in total. The normalized spacial score (nSPS) is 10.7. The van der Waals surface area contributed by atoms with E-state index in [2.05, 4.69) is 37.8 Å². The maximum atomic E-state index is 5.95. The molecule has 0 amide bonds. The van der Waals surface area contributed by atoms with Gasteiger partial charge in [0.15, 0.2) is 0 Å². The Bertz CT molecular complexity index is 578. The van der Waals surface area contributed by atoms with Crippen LogP contribution in [-0.4, -0.2) is 21.8 Å². The van der Waals surface area contributed by atoms with E-state index < -0.39 is 0 Å². The summed E-state index contributed by atoms with van der Waals surface area (Å²) >= 11 is 3.61. The van der Waals surface area contributed by atoms with Crippen LogP contribution in [0.25, 0.3) is 0 Å². The molecule has 0 bridgehead atoms. The standard InChI is InChI=1S/C13H18BrN5/c1-4-19-12(13(14)9(2)17-19)8-18(3)11-5-6-16-7-10(11)15/h5-7H,4,8,15H2,1-3H3. The SMILES string of the molecule is CCn1nc(C)c(Br)c1CN(C)c1ccncc1N. The summed E-state index contributed by atoms with van der Waals surface area (Å²) in [6.45, 7) is 5.68. The lowest BCUT2D eigenvalue weighted by atomic mass is 10.3. The molecule has 19 heavy (non-hydrogen) atoms. The van der Waals surface area contributed by atoms with E-state index in [1.807, 2.05) is 24.7 Å². The molecule has 2 heterocycles. The van der Waals surface area contributed by atoms with E-state index in [0.717, 1.165) is 34.6 Å². The fourth-order valence-electron chi connectivity index (χ4n) is 2.08. The van der Waals surface area contributed by atoms with E-state index in [-0.39, 0.29) is 0 Å². The fraction of sp³-hybridized carbons (Fsp3) is 0.385. The average Bonchev–Trinajstić information content (AvgIpc) is 2.67. The van der Waals surface area contributed by atoms with Gasteiger partial charge >= 0.3 is 0 Å². The van der Waals surface area contributed by atoms with Crippen molar-refractivity contribution in [3.05, 3.63) is 34.3 Å². The van der Waals surface area contributed by atoms with Crippen LogP contribution in [-0.2, 0) is 13.1 Å². The first-order valence-corrected chi connectivity index (χ1v) is 6.96. The van der Waals surface area contributed by atoms with E-state index in [0.29, 0.717) is 5.69 Å². The molecular weight excluding hydrogens is 306 g/mol. The molecular formula is C13H18BrN5. The number of nitrogen functional groups attached to an aromatic ring is 1. The summed E-state index contributed by atoms with van der Waals surface area (Å²) < 4.78 is 3.07. The number of aromatic nitrogens is 3. The van der Waals surface area contributed by atoms with E-state index >= 15 is 0 Å². The molecule has 0 radical (unpaired) electrons. The highest BCUT2D eigenvalue weighted by molar-refractivity contribution is 9.10. The average molecular weight is 324 g/mol. The maximum absolute atomic E-state index is 5.95. The highest BCUT2D eigenvalue weighted by Crippen LogP contribution is 2.26. The summed E-state index contributed by atoms with van der Waals surface area (Å²) in [4.78, 5) is 6.11. The molecule has 5 nitrogen and oxygen atoms in total. The third-order valence-electron chi connectivity index (χ3n) is 3.08. The number of pyridine rings is 1. The van der Waals surface area contributed by atoms with Crippen LogP contribution < -0.4 is 10.6 Å². The summed E-state index contributed by atoms with van der Waals surface area (Å²) in [5.74, 6) is 0. The Morgan fingerprint density at radius 3 is 2.84 bits per heavy atom. The number of hydrogen-bond donors (Lipinski definition) is 1. The molecule has 2 aromatic rings. The Labute approximate surface area is 121 Å². The molecule has 0 atom stereocenters. The second-order valence-electron chi connectivity index (χ2n) is 4.45. The molecule has 0 saturated heterocycles. The van der Waals surface area contributed by atoms with Crippen molar-refractivity contribution in [1.29, 1.82) is 0 Å². The monoisotopic (exact) mass is 323 g/mol. The zero-order chi connectivity index (χ0) is 14.0. The van der Waals surface area contributed by atoms with Crippen LogP contribution >= 0.6 is 15.9 Å². The van der Waals surface area contributed by atoms with Crippen molar-refractivity contribution in [3.63, 3.8) is 0 Å². The molecule has 0 saturated carbocycles. The first kappa shape index (κ1) is 13.9. The molecule has 2 rings (SSSR count). The van der Waals surface area contributed by atoms with Gasteiger partial charge in [-0.3, -0.25) is 9.67 Å². The smallest absolute Gasteiger partial charge is 0.0739 e. The van der Waals surface area contributed by atoms with Crippen molar-refractivity contribution >= 4 is 27.3 Å². The van der Waals surface area contributed by atoms with Crippen LogP contribution in [0.1, 0.15) is 18.3 Å². The summed E-state index contributed by atoms with van der Waals surface area (Å²) in [6, 6.07) is 1.92. The van der Waals surface area contributed by atoms with Gasteiger partial charge in [-0.25, -0.2) is 0 Å². The fourth-order valence-corrected chi connectivity index (χ4v) is 2.49. The number of aryl methyl sites for hydroxylation is 2. The van der Waals surface area contributed by atoms with Gasteiger partial charge in [0.05, 0.1) is 40.0 Å². The number of halogens is 1. The molecule has 0 spiro atoms. The van der Waals surface area contributed by atoms with Gasteiger partial charge in [-0.15, -0.1) is 0 Å². The zero-order valence-electron chi connectivity index (χ0n) is 11.4. The molecule has 0 aliphatic rings. The molecule has 6 heteroatoms. The van der Waals surface area contributed by atoms with Crippen LogP contribution in [0.2, 0.25) is 0 Å². The molecule has 0 aromatic carbocycles. The van der Waals surface area contributed by atoms with Crippen molar-refractivity contribution in [3.8, 4) is 0 Å².